The molecular weight excluding hydrogens is 426 g/mol. The van der Waals surface area contributed by atoms with Crippen molar-refractivity contribution < 1.29 is 26.8 Å². The van der Waals surface area contributed by atoms with Crippen LogP contribution in [0.2, 0.25) is 0 Å². The van der Waals surface area contributed by atoms with Crippen LogP contribution in [0.15, 0.2) is 83.3 Å². The van der Waals surface area contributed by atoms with Crippen LogP contribution in [0.1, 0.15) is 33.4 Å². The number of amides is 1. The maximum Gasteiger partial charge on any atom is 0.416 e. The van der Waals surface area contributed by atoms with E-state index in [0.29, 0.717) is 11.1 Å². The van der Waals surface area contributed by atoms with E-state index in [-0.39, 0.29) is 17.3 Å². The van der Waals surface area contributed by atoms with Crippen LogP contribution in [0, 0.1) is 5.82 Å². The Morgan fingerprint density at radius 3 is 2.16 bits per heavy atom. The van der Waals surface area contributed by atoms with Gasteiger partial charge < -0.3 is 9.73 Å². The summed E-state index contributed by atoms with van der Waals surface area (Å²) in [7, 11) is 0. The molecule has 4 rings (SSSR count). The highest BCUT2D eigenvalue weighted by Crippen LogP contribution is 2.30. The molecule has 3 aromatic carbocycles. The smallest absolute Gasteiger partial charge is 0.416 e. The minimum Gasteiger partial charge on any atom is -0.418 e. The molecule has 0 aliphatic carbocycles. The maximum atomic E-state index is 13.4. The molecule has 0 saturated carbocycles. The Morgan fingerprint density at radius 2 is 1.53 bits per heavy atom. The fourth-order valence-corrected chi connectivity index (χ4v) is 3.02. The first-order valence-corrected chi connectivity index (χ1v) is 9.43. The van der Waals surface area contributed by atoms with E-state index in [0.717, 1.165) is 24.3 Å². The molecule has 162 valence electrons. The Kier molecular flexibility index (Phi) is 5.72. The number of alkyl halides is 3. The molecule has 1 amide bonds. The van der Waals surface area contributed by atoms with Crippen LogP contribution in [0.25, 0.3) is 11.5 Å². The molecule has 0 fully saturated rings. The van der Waals surface area contributed by atoms with Crippen molar-refractivity contribution in [2.45, 2.75) is 12.2 Å². The predicted molar refractivity (Wildman–Crippen MR) is 107 cm³/mol. The molecule has 4 aromatic rings. The average Bonchev–Trinajstić information content (AvgIpc) is 3.28. The van der Waals surface area contributed by atoms with Crippen LogP contribution < -0.4 is 5.32 Å². The first-order chi connectivity index (χ1) is 15.3. The van der Waals surface area contributed by atoms with Crippen molar-refractivity contribution in [3.05, 3.63) is 107 Å². The monoisotopic (exact) mass is 441 g/mol. The van der Waals surface area contributed by atoms with Crippen LogP contribution >= 0.6 is 0 Å². The number of halogens is 4. The van der Waals surface area contributed by atoms with Gasteiger partial charge in [-0.25, -0.2) is 4.39 Å². The summed E-state index contributed by atoms with van der Waals surface area (Å²) in [4.78, 5) is 12.8. The van der Waals surface area contributed by atoms with Crippen molar-refractivity contribution in [1.29, 1.82) is 0 Å². The topological polar surface area (TPSA) is 68.0 Å². The Morgan fingerprint density at radius 1 is 0.875 bits per heavy atom. The highest BCUT2D eigenvalue weighted by atomic mass is 19.4. The van der Waals surface area contributed by atoms with Crippen molar-refractivity contribution in [3.8, 4) is 11.5 Å². The summed E-state index contributed by atoms with van der Waals surface area (Å²) in [5, 5.41) is 10.7. The van der Waals surface area contributed by atoms with Crippen LogP contribution in [-0.2, 0) is 6.18 Å². The van der Waals surface area contributed by atoms with Crippen molar-refractivity contribution in [3.63, 3.8) is 0 Å². The largest absolute Gasteiger partial charge is 0.418 e. The number of carbonyl (C=O) groups excluding carboxylic acids is 1. The zero-order chi connectivity index (χ0) is 22.7. The molecule has 32 heavy (non-hydrogen) atoms. The van der Waals surface area contributed by atoms with E-state index in [4.69, 9.17) is 4.42 Å². The van der Waals surface area contributed by atoms with Crippen LogP contribution in [0.3, 0.4) is 0 Å². The van der Waals surface area contributed by atoms with Crippen LogP contribution in [-0.4, -0.2) is 16.1 Å². The number of benzene rings is 3. The van der Waals surface area contributed by atoms with Crippen LogP contribution in [0.4, 0.5) is 17.6 Å². The molecular formula is C23H15F4N3O2. The van der Waals surface area contributed by atoms with Gasteiger partial charge in [0.25, 0.3) is 5.91 Å². The van der Waals surface area contributed by atoms with Gasteiger partial charge in [-0.1, -0.05) is 30.3 Å². The van der Waals surface area contributed by atoms with E-state index in [9.17, 15) is 22.4 Å². The van der Waals surface area contributed by atoms with E-state index in [1.165, 1.54) is 24.3 Å². The van der Waals surface area contributed by atoms with Gasteiger partial charge in [-0.05, 0) is 54.1 Å². The van der Waals surface area contributed by atoms with Gasteiger partial charge in [-0.2, -0.15) is 13.2 Å². The molecule has 0 aliphatic rings. The molecule has 0 spiro atoms. The summed E-state index contributed by atoms with van der Waals surface area (Å²) in [5.74, 6) is -0.878. The lowest BCUT2D eigenvalue weighted by molar-refractivity contribution is -0.137. The molecule has 1 heterocycles. The summed E-state index contributed by atoms with van der Waals surface area (Å²) in [5.41, 5.74) is 0.259. The fourth-order valence-electron chi connectivity index (χ4n) is 3.02. The number of hydrogen-bond donors (Lipinski definition) is 1. The van der Waals surface area contributed by atoms with Gasteiger partial charge in [-0.3, -0.25) is 4.79 Å². The minimum absolute atomic E-state index is 0.00732. The van der Waals surface area contributed by atoms with Gasteiger partial charge in [-0.15, -0.1) is 10.2 Å². The van der Waals surface area contributed by atoms with Gasteiger partial charge in [0.05, 0.1) is 5.56 Å². The van der Waals surface area contributed by atoms with Gasteiger partial charge in [0.2, 0.25) is 11.8 Å². The van der Waals surface area contributed by atoms with Crippen molar-refractivity contribution in [2.24, 2.45) is 0 Å². The molecule has 1 N–H and O–H groups in total. The van der Waals surface area contributed by atoms with Gasteiger partial charge in [0.1, 0.15) is 11.9 Å². The summed E-state index contributed by atoms with van der Waals surface area (Å²) in [6, 6.07) is 17.1. The molecule has 0 bridgehead atoms. The number of hydrogen-bond acceptors (Lipinski definition) is 4. The molecule has 0 aliphatic heterocycles. The summed E-state index contributed by atoms with van der Waals surface area (Å²) in [6.45, 7) is 0. The van der Waals surface area contributed by atoms with E-state index in [2.05, 4.69) is 15.5 Å². The Labute approximate surface area is 179 Å². The first kappa shape index (κ1) is 21.2. The Bertz CT molecular complexity index is 1200. The zero-order valence-electron chi connectivity index (χ0n) is 16.3. The SMILES string of the molecule is O=C(NC(c1ccc(F)cc1)c1nnc(-c2ccccc2)o1)c1ccc(C(F)(F)F)cc1. The number of nitrogens with zero attached hydrogens (tertiary/aromatic N) is 2. The molecule has 1 aromatic heterocycles. The first-order valence-electron chi connectivity index (χ1n) is 9.43. The molecule has 1 atom stereocenters. The second kappa shape index (κ2) is 8.62. The number of carbonyl (C=O) groups is 1. The van der Waals surface area contributed by atoms with Crippen molar-refractivity contribution in [2.75, 3.05) is 0 Å². The molecule has 9 heteroatoms. The Hall–Kier alpha value is -4.01. The van der Waals surface area contributed by atoms with Gasteiger partial charge in [0.15, 0.2) is 0 Å². The maximum absolute atomic E-state index is 13.4. The second-order valence-corrected chi connectivity index (χ2v) is 6.84. The standard InChI is InChI=1S/C23H15F4N3O2/c24-18-12-8-14(9-13-18)19(22-30-29-21(32-22)16-4-2-1-3-5-16)28-20(31)15-6-10-17(11-7-15)23(25,26)27/h1-13,19H,(H,28,31). The molecule has 1 unspecified atom stereocenters. The van der Waals surface area contributed by atoms with E-state index >= 15 is 0 Å². The quantitative estimate of drug-likeness (QED) is 0.421. The molecule has 5 nitrogen and oxygen atoms in total. The van der Waals surface area contributed by atoms with E-state index in [1.54, 1.807) is 24.3 Å². The van der Waals surface area contributed by atoms with Crippen LogP contribution in [0.5, 0.6) is 0 Å². The van der Waals surface area contributed by atoms with E-state index in [1.807, 2.05) is 6.07 Å². The lowest BCUT2D eigenvalue weighted by Crippen LogP contribution is -2.29. The van der Waals surface area contributed by atoms with Crippen molar-refractivity contribution in [1.82, 2.24) is 15.5 Å². The summed E-state index contributed by atoms with van der Waals surface area (Å²) < 4.78 is 57.5. The third-order valence-electron chi connectivity index (χ3n) is 4.66. The molecule has 0 saturated heterocycles. The average molecular weight is 441 g/mol. The highest BCUT2D eigenvalue weighted by Gasteiger charge is 2.30. The lowest BCUT2D eigenvalue weighted by atomic mass is 10.1. The Balaban J connectivity index is 1.64. The third kappa shape index (κ3) is 4.66. The predicted octanol–water partition coefficient (Wildman–Crippen LogP) is 5.41. The minimum atomic E-state index is -4.51. The second-order valence-electron chi connectivity index (χ2n) is 6.84. The van der Waals surface area contributed by atoms with Crippen molar-refractivity contribution >= 4 is 5.91 Å². The normalized spacial score (nSPS) is 12.4. The highest BCUT2D eigenvalue weighted by molar-refractivity contribution is 5.94. The number of aromatic nitrogens is 2. The van der Waals surface area contributed by atoms with Gasteiger partial charge >= 0.3 is 6.18 Å². The zero-order valence-corrected chi connectivity index (χ0v) is 16.3. The fraction of sp³-hybridized carbons (Fsp3) is 0.0870. The molecule has 0 radical (unpaired) electrons. The van der Waals surface area contributed by atoms with Gasteiger partial charge in [0, 0.05) is 11.1 Å². The third-order valence-corrected chi connectivity index (χ3v) is 4.66. The lowest BCUT2D eigenvalue weighted by Gasteiger charge is -2.16. The summed E-state index contributed by atoms with van der Waals surface area (Å²) >= 11 is 0. The van der Waals surface area contributed by atoms with E-state index < -0.39 is 29.5 Å². The number of nitrogens with one attached hydrogen (secondary N) is 1. The summed E-state index contributed by atoms with van der Waals surface area (Å²) in [6.07, 6.45) is -4.51. The number of rotatable bonds is 5.